The van der Waals surface area contributed by atoms with Crippen LogP contribution in [0.25, 0.3) is 0 Å². The average molecular weight is 363 g/mol. The predicted octanol–water partition coefficient (Wildman–Crippen LogP) is 3.02. The van der Waals surface area contributed by atoms with Crippen LogP contribution < -0.4 is 10.2 Å². The third-order valence-electron chi connectivity index (χ3n) is 4.73. The van der Waals surface area contributed by atoms with E-state index in [2.05, 4.69) is 42.5 Å². The quantitative estimate of drug-likeness (QED) is 0.660. The normalized spacial score (nSPS) is 27.0. The molecule has 0 aromatic heterocycles. The van der Waals surface area contributed by atoms with Crippen LogP contribution in [-0.4, -0.2) is 54.5 Å². The van der Waals surface area contributed by atoms with Gasteiger partial charge in [-0.1, -0.05) is 23.7 Å². The Kier molecular flexibility index (Phi) is 5.99. The van der Waals surface area contributed by atoms with Gasteiger partial charge in [-0.2, -0.15) is 5.01 Å². The number of benzene rings is 1. The fraction of sp³-hybridized carbons (Fsp3) is 0.526. The second kappa shape index (κ2) is 8.21. The van der Waals surface area contributed by atoms with Crippen LogP contribution in [0.5, 0.6) is 5.75 Å². The van der Waals surface area contributed by atoms with Crippen molar-refractivity contribution in [1.82, 2.24) is 15.3 Å². The summed E-state index contributed by atoms with van der Waals surface area (Å²) in [7, 11) is 3.84. The highest BCUT2D eigenvalue weighted by molar-refractivity contribution is 6.22. The summed E-state index contributed by atoms with van der Waals surface area (Å²) in [6, 6.07) is 8.40. The molecule has 0 radical (unpaired) electrons. The van der Waals surface area contributed by atoms with Crippen LogP contribution in [0.4, 0.5) is 0 Å². The molecule has 25 heavy (non-hydrogen) atoms. The van der Waals surface area contributed by atoms with Crippen LogP contribution in [0, 0.1) is 0 Å². The Bertz CT molecular complexity index is 643. The van der Waals surface area contributed by atoms with Crippen molar-refractivity contribution < 1.29 is 4.74 Å². The average Bonchev–Trinajstić information content (AvgIpc) is 2.60. The predicted molar refractivity (Wildman–Crippen MR) is 103 cm³/mol. The van der Waals surface area contributed by atoms with Crippen molar-refractivity contribution >= 4 is 17.4 Å². The summed E-state index contributed by atoms with van der Waals surface area (Å²) >= 11 is 6.52. The first kappa shape index (κ1) is 18.2. The second-order valence-electron chi connectivity index (χ2n) is 6.85. The van der Waals surface area contributed by atoms with Gasteiger partial charge in [0.1, 0.15) is 17.1 Å². The Morgan fingerprint density at radius 1 is 1.32 bits per heavy atom. The molecule has 0 amide bonds. The molecular formula is C19H27ClN4O. The molecule has 1 aromatic carbocycles. The first-order chi connectivity index (χ1) is 12.0. The number of alkyl halides is 1. The third-order valence-corrected chi connectivity index (χ3v) is 5.09. The molecule has 0 saturated carbocycles. The molecule has 1 N–H and O–H groups in total. The van der Waals surface area contributed by atoms with Crippen molar-refractivity contribution in [2.45, 2.75) is 37.9 Å². The highest BCUT2D eigenvalue weighted by atomic mass is 35.5. The van der Waals surface area contributed by atoms with Gasteiger partial charge in [-0.05, 0) is 62.7 Å². The fourth-order valence-electron chi connectivity index (χ4n) is 3.27. The number of likely N-dealkylation sites (N-methyl/N-ethyl adjacent to an activating group) is 1. The maximum Gasteiger partial charge on any atom is 0.138 e. The van der Waals surface area contributed by atoms with E-state index in [-0.39, 0.29) is 5.50 Å². The first-order valence-corrected chi connectivity index (χ1v) is 9.24. The summed E-state index contributed by atoms with van der Waals surface area (Å²) in [6.45, 7) is 4.95. The van der Waals surface area contributed by atoms with Gasteiger partial charge in [-0.15, -0.1) is 0 Å². The molecule has 136 valence electrons. The minimum Gasteiger partial charge on any atom is -0.497 e. The molecule has 5 nitrogen and oxygen atoms in total. The lowest BCUT2D eigenvalue weighted by Gasteiger charge is -2.34. The molecule has 0 bridgehead atoms. The molecule has 1 fully saturated rings. The van der Waals surface area contributed by atoms with Crippen LogP contribution in [0.15, 0.2) is 40.9 Å². The number of nitrogens with one attached hydrogen (secondary N) is 1. The largest absolute Gasteiger partial charge is 0.497 e. The Hall–Kier alpha value is -1.56. The number of ether oxygens (including phenoxy) is 1. The van der Waals surface area contributed by atoms with Gasteiger partial charge in [0.25, 0.3) is 0 Å². The van der Waals surface area contributed by atoms with E-state index in [0.717, 1.165) is 36.7 Å². The summed E-state index contributed by atoms with van der Waals surface area (Å²) in [5.41, 5.74) is 5.51. The fourth-order valence-corrected chi connectivity index (χ4v) is 3.58. The summed E-state index contributed by atoms with van der Waals surface area (Å²) < 4.78 is 5.22. The van der Waals surface area contributed by atoms with Gasteiger partial charge < -0.3 is 15.1 Å². The molecule has 3 rings (SSSR count). The van der Waals surface area contributed by atoms with Crippen molar-refractivity contribution in [3.63, 3.8) is 0 Å². The van der Waals surface area contributed by atoms with Gasteiger partial charge in [-0.25, -0.2) is 0 Å². The summed E-state index contributed by atoms with van der Waals surface area (Å²) in [4.78, 5) is 7.30. The van der Waals surface area contributed by atoms with Gasteiger partial charge in [-0.3, -0.25) is 4.99 Å². The number of nitrogens with zero attached hydrogens (tertiary/aromatic N) is 3. The summed E-state index contributed by atoms with van der Waals surface area (Å²) in [5.74, 6) is 1.79. The minimum atomic E-state index is -0.199. The highest BCUT2D eigenvalue weighted by Crippen LogP contribution is 2.20. The van der Waals surface area contributed by atoms with E-state index in [1.165, 1.54) is 12.0 Å². The number of aliphatic imine (C=N–C) groups is 1. The maximum absolute atomic E-state index is 6.52. The van der Waals surface area contributed by atoms with Gasteiger partial charge in [0.05, 0.1) is 13.2 Å². The van der Waals surface area contributed by atoms with Gasteiger partial charge in [0.2, 0.25) is 0 Å². The van der Waals surface area contributed by atoms with E-state index in [1.807, 2.05) is 17.1 Å². The van der Waals surface area contributed by atoms with Crippen LogP contribution in [0.3, 0.4) is 0 Å². The zero-order valence-corrected chi connectivity index (χ0v) is 16.0. The number of hydrogen-bond donors (Lipinski definition) is 1. The standard InChI is InChI=1S/C19H27ClN4O/c1-14-11-18(20)24(12-15-6-8-17(25-3)9-7-15)22-19(14)21-16-5-4-10-23(2)13-16/h6-9,11,16,18H,4-5,10,12-13H2,1-3H3,(H,21,22)/t16-,18?/m1/s1. The topological polar surface area (TPSA) is 40.1 Å². The number of halogens is 1. The molecular weight excluding hydrogens is 336 g/mol. The Labute approximate surface area is 155 Å². The summed E-state index contributed by atoms with van der Waals surface area (Å²) in [5, 5.41) is 2.02. The highest BCUT2D eigenvalue weighted by Gasteiger charge is 2.24. The van der Waals surface area contributed by atoms with Gasteiger partial charge in [0.15, 0.2) is 0 Å². The molecule has 0 aliphatic carbocycles. The lowest BCUT2D eigenvalue weighted by molar-refractivity contribution is 0.219. The molecule has 2 atom stereocenters. The van der Waals surface area contributed by atoms with E-state index < -0.39 is 0 Å². The third kappa shape index (κ3) is 4.75. The molecule has 0 spiro atoms. The smallest absolute Gasteiger partial charge is 0.138 e. The first-order valence-electron chi connectivity index (χ1n) is 8.80. The van der Waals surface area contributed by atoms with Crippen molar-refractivity contribution in [3.8, 4) is 5.75 Å². The number of hydrazine groups is 1. The molecule has 1 unspecified atom stereocenters. The van der Waals surface area contributed by atoms with Crippen LogP contribution in [0.1, 0.15) is 25.3 Å². The van der Waals surface area contributed by atoms with Crippen molar-refractivity contribution in [2.75, 3.05) is 27.2 Å². The second-order valence-corrected chi connectivity index (χ2v) is 7.29. The number of piperidine rings is 1. The number of hydrogen-bond acceptors (Lipinski definition) is 4. The number of methoxy groups -OCH3 is 1. The molecule has 2 aliphatic heterocycles. The zero-order valence-electron chi connectivity index (χ0n) is 15.2. The SMILES string of the molecule is COc1ccc(CN2NC(=N[C@@H]3CCCN(C)C3)C(C)=CC2Cl)cc1. The van der Waals surface area contributed by atoms with E-state index in [4.69, 9.17) is 21.3 Å². The Balaban J connectivity index is 1.70. The van der Waals surface area contributed by atoms with Gasteiger partial charge >= 0.3 is 0 Å². The molecule has 6 heteroatoms. The maximum atomic E-state index is 6.52. The molecule has 2 aliphatic rings. The van der Waals surface area contributed by atoms with Crippen LogP contribution in [0.2, 0.25) is 0 Å². The molecule has 2 heterocycles. The Morgan fingerprint density at radius 3 is 2.76 bits per heavy atom. The lowest BCUT2D eigenvalue weighted by Crippen LogP contribution is -2.50. The van der Waals surface area contributed by atoms with Gasteiger partial charge in [0, 0.05) is 13.1 Å². The lowest BCUT2D eigenvalue weighted by atomic mass is 10.1. The molecule has 1 aromatic rings. The van der Waals surface area contributed by atoms with E-state index in [9.17, 15) is 0 Å². The van der Waals surface area contributed by atoms with Crippen LogP contribution in [-0.2, 0) is 6.54 Å². The van der Waals surface area contributed by atoms with E-state index >= 15 is 0 Å². The van der Waals surface area contributed by atoms with E-state index in [1.54, 1.807) is 7.11 Å². The van der Waals surface area contributed by atoms with Crippen LogP contribution >= 0.6 is 11.6 Å². The Morgan fingerprint density at radius 2 is 2.08 bits per heavy atom. The number of amidine groups is 1. The minimum absolute atomic E-state index is 0.199. The molecule has 1 saturated heterocycles. The van der Waals surface area contributed by atoms with E-state index in [0.29, 0.717) is 12.6 Å². The zero-order chi connectivity index (χ0) is 17.8. The van der Waals surface area contributed by atoms with Crippen molar-refractivity contribution in [3.05, 3.63) is 41.5 Å². The monoisotopic (exact) mass is 362 g/mol. The number of rotatable bonds is 4. The van der Waals surface area contributed by atoms with Crippen molar-refractivity contribution in [1.29, 1.82) is 0 Å². The van der Waals surface area contributed by atoms with Crippen molar-refractivity contribution in [2.24, 2.45) is 4.99 Å². The number of likely N-dealkylation sites (tertiary alicyclic amines) is 1. The summed E-state index contributed by atoms with van der Waals surface area (Å²) in [6.07, 6.45) is 4.41.